The third kappa shape index (κ3) is 1.53. The van der Waals surface area contributed by atoms with Gasteiger partial charge in [-0.25, -0.2) is 0 Å². The minimum atomic E-state index is -0.0304. The SMILES string of the molecule is CNC(=O)c1ccc2c(c1)-c1ccccc1C2. The number of nitrogens with one attached hydrogen (secondary N) is 1. The molecule has 1 N–H and O–H groups in total. The third-order valence-corrected chi connectivity index (χ3v) is 3.29. The van der Waals surface area contributed by atoms with Crippen LogP contribution in [0.3, 0.4) is 0 Å². The van der Waals surface area contributed by atoms with E-state index < -0.39 is 0 Å². The number of carbonyl (C=O) groups is 1. The molecule has 0 saturated carbocycles. The van der Waals surface area contributed by atoms with Crippen LogP contribution in [-0.2, 0) is 6.42 Å². The highest BCUT2D eigenvalue weighted by atomic mass is 16.1. The summed E-state index contributed by atoms with van der Waals surface area (Å²) in [6, 6.07) is 14.3. The van der Waals surface area contributed by atoms with Gasteiger partial charge in [-0.3, -0.25) is 4.79 Å². The standard InChI is InChI=1S/C15H13NO/c1-16-15(17)12-7-6-11-8-10-4-2-3-5-13(10)14(11)9-12/h2-7,9H,8H2,1H3,(H,16,17). The van der Waals surface area contributed by atoms with Gasteiger partial charge in [0.25, 0.3) is 5.91 Å². The van der Waals surface area contributed by atoms with E-state index in [0.717, 1.165) is 12.0 Å². The molecule has 0 fully saturated rings. The van der Waals surface area contributed by atoms with Gasteiger partial charge < -0.3 is 5.32 Å². The molecule has 84 valence electrons. The first-order valence-electron chi connectivity index (χ1n) is 5.73. The monoisotopic (exact) mass is 223 g/mol. The van der Waals surface area contributed by atoms with Crippen LogP contribution in [0.15, 0.2) is 42.5 Å². The number of rotatable bonds is 1. The van der Waals surface area contributed by atoms with Crippen molar-refractivity contribution in [1.82, 2.24) is 5.32 Å². The van der Waals surface area contributed by atoms with Gasteiger partial charge in [-0.15, -0.1) is 0 Å². The number of hydrogen-bond acceptors (Lipinski definition) is 1. The Labute approximate surface area is 100 Å². The van der Waals surface area contributed by atoms with Gasteiger partial charge in [-0.2, -0.15) is 0 Å². The van der Waals surface area contributed by atoms with Crippen LogP contribution in [0.2, 0.25) is 0 Å². The van der Waals surface area contributed by atoms with Gasteiger partial charge in [0.05, 0.1) is 0 Å². The van der Waals surface area contributed by atoms with Gasteiger partial charge in [-0.05, 0) is 40.8 Å². The molecule has 1 aliphatic carbocycles. The van der Waals surface area contributed by atoms with E-state index in [1.807, 2.05) is 18.2 Å². The number of hydrogen-bond donors (Lipinski definition) is 1. The van der Waals surface area contributed by atoms with E-state index in [-0.39, 0.29) is 5.91 Å². The second-order valence-corrected chi connectivity index (χ2v) is 4.28. The molecular weight excluding hydrogens is 210 g/mol. The molecule has 2 aromatic rings. The summed E-state index contributed by atoms with van der Waals surface area (Å²) in [5.74, 6) is -0.0304. The maximum absolute atomic E-state index is 11.6. The fourth-order valence-electron chi connectivity index (χ4n) is 2.41. The molecule has 1 aliphatic rings. The van der Waals surface area contributed by atoms with Crippen molar-refractivity contribution >= 4 is 5.91 Å². The maximum atomic E-state index is 11.6. The van der Waals surface area contributed by atoms with Crippen molar-refractivity contribution in [2.45, 2.75) is 6.42 Å². The van der Waals surface area contributed by atoms with Crippen LogP contribution in [0, 0.1) is 0 Å². The number of amides is 1. The molecule has 17 heavy (non-hydrogen) atoms. The molecule has 0 spiro atoms. The van der Waals surface area contributed by atoms with Crippen molar-refractivity contribution < 1.29 is 4.79 Å². The molecule has 0 unspecified atom stereocenters. The Kier molecular flexibility index (Phi) is 2.22. The highest BCUT2D eigenvalue weighted by Gasteiger charge is 2.18. The first-order chi connectivity index (χ1) is 8.29. The highest BCUT2D eigenvalue weighted by Crippen LogP contribution is 2.36. The Morgan fingerprint density at radius 2 is 1.82 bits per heavy atom. The molecule has 0 radical (unpaired) electrons. The summed E-state index contributed by atoms with van der Waals surface area (Å²) in [4.78, 5) is 11.6. The molecule has 2 aromatic carbocycles. The molecule has 3 rings (SSSR count). The number of carbonyl (C=O) groups excluding carboxylic acids is 1. The summed E-state index contributed by atoms with van der Waals surface area (Å²) >= 11 is 0. The van der Waals surface area contributed by atoms with Crippen LogP contribution in [0.25, 0.3) is 11.1 Å². The van der Waals surface area contributed by atoms with Crippen molar-refractivity contribution in [3.8, 4) is 11.1 Å². The average Bonchev–Trinajstić information content (AvgIpc) is 2.75. The lowest BCUT2D eigenvalue weighted by molar-refractivity contribution is 0.0963. The zero-order chi connectivity index (χ0) is 11.8. The summed E-state index contributed by atoms with van der Waals surface area (Å²) in [7, 11) is 1.66. The summed E-state index contributed by atoms with van der Waals surface area (Å²) in [5, 5.41) is 2.66. The van der Waals surface area contributed by atoms with Crippen LogP contribution in [0.4, 0.5) is 0 Å². The fraction of sp³-hybridized carbons (Fsp3) is 0.133. The zero-order valence-electron chi connectivity index (χ0n) is 9.66. The number of fused-ring (bicyclic) bond motifs is 3. The van der Waals surface area contributed by atoms with Gasteiger partial charge in [0.1, 0.15) is 0 Å². The first kappa shape index (κ1) is 10.1. The summed E-state index contributed by atoms with van der Waals surface area (Å²) in [5.41, 5.74) is 5.83. The average molecular weight is 223 g/mol. The van der Waals surface area contributed by atoms with Gasteiger partial charge in [0.15, 0.2) is 0 Å². The number of benzene rings is 2. The summed E-state index contributed by atoms with van der Waals surface area (Å²) < 4.78 is 0. The maximum Gasteiger partial charge on any atom is 0.251 e. The molecule has 0 bridgehead atoms. The fourth-order valence-corrected chi connectivity index (χ4v) is 2.41. The molecule has 0 heterocycles. The Balaban J connectivity index is 2.15. The first-order valence-corrected chi connectivity index (χ1v) is 5.73. The van der Waals surface area contributed by atoms with Crippen LogP contribution in [0.1, 0.15) is 21.5 Å². The Bertz CT molecular complexity index is 602. The van der Waals surface area contributed by atoms with E-state index in [1.54, 1.807) is 7.05 Å². The predicted molar refractivity (Wildman–Crippen MR) is 68.1 cm³/mol. The molecule has 0 atom stereocenters. The van der Waals surface area contributed by atoms with Gasteiger partial charge in [0.2, 0.25) is 0 Å². The Morgan fingerprint density at radius 1 is 1.06 bits per heavy atom. The molecule has 0 aromatic heterocycles. The van der Waals surface area contributed by atoms with Gasteiger partial charge >= 0.3 is 0 Å². The lowest BCUT2D eigenvalue weighted by Gasteiger charge is -2.04. The minimum absolute atomic E-state index is 0.0304. The van der Waals surface area contributed by atoms with Gasteiger partial charge in [-0.1, -0.05) is 30.3 Å². The lowest BCUT2D eigenvalue weighted by Crippen LogP contribution is -2.17. The van der Waals surface area contributed by atoms with Crippen molar-refractivity contribution in [1.29, 1.82) is 0 Å². The van der Waals surface area contributed by atoms with E-state index in [2.05, 4.69) is 29.6 Å². The summed E-state index contributed by atoms with van der Waals surface area (Å²) in [6.07, 6.45) is 0.972. The van der Waals surface area contributed by atoms with Crippen LogP contribution >= 0.6 is 0 Å². The molecule has 0 saturated heterocycles. The van der Waals surface area contributed by atoms with Gasteiger partial charge in [0, 0.05) is 12.6 Å². The zero-order valence-corrected chi connectivity index (χ0v) is 9.66. The highest BCUT2D eigenvalue weighted by molar-refractivity contribution is 5.96. The van der Waals surface area contributed by atoms with Crippen molar-refractivity contribution in [2.24, 2.45) is 0 Å². The third-order valence-electron chi connectivity index (χ3n) is 3.29. The molecule has 0 aliphatic heterocycles. The normalized spacial score (nSPS) is 11.8. The lowest BCUT2D eigenvalue weighted by atomic mass is 10.0. The van der Waals surface area contributed by atoms with Crippen LogP contribution in [0.5, 0.6) is 0 Å². The van der Waals surface area contributed by atoms with Crippen molar-refractivity contribution in [3.63, 3.8) is 0 Å². The molecule has 2 heteroatoms. The Hall–Kier alpha value is -2.09. The molecule has 2 nitrogen and oxygen atoms in total. The second-order valence-electron chi connectivity index (χ2n) is 4.28. The van der Waals surface area contributed by atoms with E-state index in [4.69, 9.17) is 0 Å². The molecular formula is C15H13NO. The van der Waals surface area contributed by atoms with E-state index in [0.29, 0.717) is 0 Å². The van der Waals surface area contributed by atoms with Crippen LogP contribution < -0.4 is 5.32 Å². The quantitative estimate of drug-likeness (QED) is 0.675. The largest absolute Gasteiger partial charge is 0.355 e. The summed E-state index contributed by atoms with van der Waals surface area (Å²) in [6.45, 7) is 0. The van der Waals surface area contributed by atoms with Crippen molar-refractivity contribution in [3.05, 3.63) is 59.2 Å². The van der Waals surface area contributed by atoms with Crippen molar-refractivity contribution in [2.75, 3.05) is 7.05 Å². The van der Waals surface area contributed by atoms with E-state index >= 15 is 0 Å². The molecule has 1 amide bonds. The van der Waals surface area contributed by atoms with Crippen LogP contribution in [-0.4, -0.2) is 13.0 Å². The second kappa shape index (κ2) is 3.74. The van der Waals surface area contributed by atoms with E-state index in [1.165, 1.54) is 22.3 Å². The minimum Gasteiger partial charge on any atom is -0.355 e. The topological polar surface area (TPSA) is 29.1 Å². The Morgan fingerprint density at radius 3 is 2.65 bits per heavy atom. The van der Waals surface area contributed by atoms with E-state index in [9.17, 15) is 4.79 Å². The predicted octanol–water partition coefficient (Wildman–Crippen LogP) is 2.62. The smallest absolute Gasteiger partial charge is 0.251 e.